The van der Waals surface area contributed by atoms with E-state index in [1.165, 1.54) is 0 Å². The molecule has 0 fully saturated rings. The summed E-state index contributed by atoms with van der Waals surface area (Å²) in [5.74, 6) is 0.283. The van der Waals surface area contributed by atoms with E-state index >= 15 is 0 Å². The summed E-state index contributed by atoms with van der Waals surface area (Å²) >= 11 is 0. The van der Waals surface area contributed by atoms with Crippen LogP contribution in [-0.2, 0) is 11.2 Å². The fourth-order valence-corrected chi connectivity index (χ4v) is 1.84. The molecule has 0 aromatic heterocycles. The van der Waals surface area contributed by atoms with Gasteiger partial charge in [-0.3, -0.25) is 4.79 Å². The molecule has 4 nitrogen and oxygen atoms in total. The number of benzene rings is 1. The smallest absolute Gasteiger partial charge is 0.310 e. The molecule has 92 valence electrons. The summed E-state index contributed by atoms with van der Waals surface area (Å²) in [7, 11) is 0. The molecule has 1 atom stereocenters. The Hall–Kier alpha value is -1.71. The van der Waals surface area contributed by atoms with Crippen LogP contribution in [0.3, 0.4) is 0 Å². The van der Waals surface area contributed by atoms with Gasteiger partial charge in [-0.15, -0.1) is 0 Å². The molecule has 0 radical (unpaired) electrons. The Kier molecular flexibility index (Phi) is 3.52. The van der Waals surface area contributed by atoms with Gasteiger partial charge in [0, 0.05) is 0 Å². The van der Waals surface area contributed by atoms with Gasteiger partial charge in [-0.1, -0.05) is 6.92 Å². The molecule has 0 saturated heterocycles. The molecule has 1 N–H and O–H groups in total. The molecular weight excluding hydrogens is 220 g/mol. The molecular formula is C13H16O4. The van der Waals surface area contributed by atoms with Gasteiger partial charge in [0.15, 0.2) is 0 Å². The predicted molar refractivity (Wildman–Crippen MR) is 62.6 cm³/mol. The van der Waals surface area contributed by atoms with Crippen LogP contribution in [-0.4, -0.2) is 24.3 Å². The highest BCUT2D eigenvalue weighted by molar-refractivity contribution is 5.71. The van der Waals surface area contributed by atoms with E-state index in [0.29, 0.717) is 13.0 Å². The molecule has 4 heteroatoms. The minimum atomic E-state index is -0.810. The van der Waals surface area contributed by atoms with Gasteiger partial charge in [0.05, 0.1) is 12.5 Å². The fourth-order valence-electron chi connectivity index (χ4n) is 1.84. The van der Waals surface area contributed by atoms with Crippen LogP contribution >= 0.6 is 0 Å². The summed E-state index contributed by atoms with van der Waals surface area (Å²) in [4.78, 5) is 10.9. The number of carbonyl (C=O) groups is 1. The second-order valence-electron chi connectivity index (χ2n) is 4.17. The third-order valence-corrected chi connectivity index (χ3v) is 2.76. The van der Waals surface area contributed by atoms with Gasteiger partial charge in [0.25, 0.3) is 0 Å². The summed E-state index contributed by atoms with van der Waals surface area (Å²) < 4.78 is 10.9. The van der Waals surface area contributed by atoms with Gasteiger partial charge in [0.2, 0.25) is 0 Å². The second kappa shape index (κ2) is 5.08. The van der Waals surface area contributed by atoms with Crippen molar-refractivity contribution < 1.29 is 19.4 Å². The molecule has 1 heterocycles. The van der Waals surface area contributed by atoms with Crippen molar-refractivity contribution in [3.8, 4) is 11.5 Å². The van der Waals surface area contributed by atoms with Crippen molar-refractivity contribution in [2.24, 2.45) is 5.92 Å². The zero-order chi connectivity index (χ0) is 12.3. The van der Waals surface area contributed by atoms with Crippen molar-refractivity contribution in [1.82, 2.24) is 0 Å². The summed E-state index contributed by atoms with van der Waals surface area (Å²) in [6.45, 7) is 2.96. The van der Waals surface area contributed by atoms with Gasteiger partial charge in [-0.05, 0) is 36.6 Å². The highest BCUT2D eigenvalue weighted by atomic mass is 16.5. The van der Waals surface area contributed by atoms with Crippen LogP contribution in [0.15, 0.2) is 18.2 Å². The average molecular weight is 236 g/mol. The van der Waals surface area contributed by atoms with Crippen molar-refractivity contribution in [1.29, 1.82) is 0 Å². The van der Waals surface area contributed by atoms with E-state index in [-0.39, 0.29) is 6.61 Å². The predicted octanol–water partition coefficient (Wildman–Crippen LogP) is 2.11. The number of carboxylic acids is 1. The number of ether oxygens (including phenoxy) is 2. The van der Waals surface area contributed by atoms with Crippen LogP contribution in [0.2, 0.25) is 0 Å². The van der Waals surface area contributed by atoms with E-state index in [2.05, 4.69) is 0 Å². The first-order valence-electron chi connectivity index (χ1n) is 5.82. The number of aliphatic carboxylic acids is 1. The minimum Gasteiger partial charge on any atom is -0.494 e. The fraction of sp³-hybridized carbons (Fsp3) is 0.462. The zero-order valence-corrected chi connectivity index (χ0v) is 9.81. The molecule has 1 aromatic carbocycles. The molecule has 0 saturated carbocycles. The number of rotatable bonds is 4. The lowest BCUT2D eigenvalue weighted by atomic mass is 9.97. The molecule has 2 rings (SSSR count). The van der Waals surface area contributed by atoms with E-state index in [1.807, 2.05) is 25.1 Å². The van der Waals surface area contributed by atoms with Gasteiger partial charge in [0.1, 0.15) is 18.1 Å². The Morgan fingerprint density at radius 1 is 1.59 bits per heavy atom. The van der Waals surface area contributed by atoms with Gasteiger partial charge in [-0.25, -0.2) is 0 Å². The van der Waals surface area contributed by atoms with Crippen molar-refractivity contribution >= 4 is 5.97 Å². The molecule has 0 spiro atoms. The Bertz CT molecular complexity index is 414. The lowest BCUT2D eigenvalue weighted by molar-refractivity contribution is -0.143. The van der Waals surface area contributed by atoms with Gasteiger partial charge >= 0.3 is 5.97 Å². The quantitative estimate of drug-likeness (QED) is 0.869. The minimum absolute atomic E-state index is 0.248. The molecule has 1 aromatic rings. The highest BCUT2D eigenvalue weighted by Gasteiger charge is 2.25. The SMILES string of the molecule is CCCOc1ccc2c(c1)CC(C(=O)O)CO2. The summed E-state index contributed by atoms with van der Waals surface area (Å²) in [6.07, 6.45) is 1.46. The highest BCUT2D eigenvalue weighted by Crippen LogP contribution is 2.30. The first-order chi connectivity index (χ1) is 8.20. The van der Waals surface area contributed by atoms with E-state index in [1.54, 1.807) is 0 Å². The number of fused-ring (bicyclic) bond motifs is 1. The van der Waals surface area contributed by atoms with E-state index in [9.17, 15) is 4.79 Å². The van der Waals surface area contributed by atoms with Crippen molar-refractivity contribution in [3.05, 3.63) is 23.8 Å². The molecule has 17 heavy (non-hydrogen) atoms. The Balaban J connectivity index is 2.14. The number of carboxylic acid groups (broad SMARTS) is 1. The number of hydrogen-bond acceptors (Lipinski definition) is 3. The first kappa shape index (κ1) is 11.8. The van der Waals surface area contributed by atoms with Crippen molar-refractivity contribution in [2.75, 3.05) is 13.2 Å². The summed E-state index contributed by atoms with van der Waals surface area (Å²) in [5.41, 5.74) is 0.914. The molecule has 0 bridgehead atoms. The van der Waals surface area contributed by atoms with Crippen LogP contribution < -0.4 is 9.47 Å². The maximum absolute atomic E-state index is 10.9. The molecule has 1 aliphatic heterocycles. The van der Waals surface area contributed by atoms with Crippen molar-refractivity contribution in [2.45, 2.75) is 19.8 Å². The third-order valence-electron chi connectivity index (χ3n) is 2.76. The zero-order valence-electron chi connectivity index (χ0n) is 9.81. The average Bonchev–Trinajstić information content (AvgIpc) is 2.35. The second-order valence-corrected chi connectivity index (χ2v) is 4.17. The maximum atomic E-state index is 10.9. The summed E-state index contributed by atoms with van der Waals surface area (Å²) in [5, 5.41) is 8.96. The third kappa shape index (κ3) is 2.70. The van der Waals surface area contributed by atoms with Crippen LogP contribution in [0.25, 0.3) is 0 Å². The standard InChI is InChI=1S/C13H16O4/c1-2-5-16-11-3-4-12-9(7-11)6-10(8-17-12)13(14)15/h3-4,7,10H,2,5-6,8H2,1H3,(H,14,15). The molecule has 0 amide bonds. The van der Waals surface area contributed by atoms with Crippen LogP contribution in [0.4, 0.5) is 0 Å². The van der Waals surface area contributed by atoms with E-state index in [0.717, 1.165) is 23.5 Å². The lowest BCUT2D eigenvalue weighted by Crippen LogP contribution is -2.27. The van der Waals surface area contributed by atoms with Gasteiger partial charge in [-0.2, -0.15) is 0 Å². The topological polar surface area (TPSA) is 55.8 Å². The van der Waals surface area contributed by atoms with Crippen LogP contribution in [0, 0.1) is 5.92 Å². The van der Waals surface area contributed by atoms with Crippen LogP contribution in [0.1, 0.15) is 18.9 Å². The maximum Gasteiger partial charge on any atom is 0.310 e. The van der Waals surface area contributed by atoms with Crippen LogP contribution in [0.5, 0.6) is 11.5 Å². The Morgan fingerprint density at radius 3 is 3.12 bits per heavy atom. The Morgan fingerprint density at radius 2 is 2.41 bits per heavy atom. The van der Waals surface area contributed by atoms with E-state index < -0.39 is 11.9 Å². The monoisotopic (exact) mass is 236 g/mol. The first-order valence-corrected chi connectivity index (χ1v) is 5.82. The van der Waals surface area contributed by atoms with Crippen molar-refractivity contribution in [3.63, 3.8) is 0 Å². The largest absolute Gasteiger partial charge is 0.494 e. The number of hydrogen-bond donors (Lipinski definition) is 1. The lowest BCUT2D eigenvalue weighted by Gasteiger charge is -2.23. The summed E-state index contributed by atoms with van der Waals surface area (Å²) in [6, 6.07) is 5.58. The molecule has 1 aliphatic rings. The normalized spacial score (nSPS) is 18.1. The molecule has 1 unspecified atom stereocenters. The van der Waals surface area contributed by atoms with Gasteiger partial charge < -0.3 is 14.6 Å². The Labute approximate surface area is 100 Å². The van der Waals surface area contributed by atoms with E-state index in [4.69, 9.17) is 14.6 Å². The molecule has 0 aliphatic carbocycles.